The molecule has 4 heterocycles. The highest BCUT2D eigenvalue weighted by Gasteiger charge is 2.17. The highest BCUT2D eigenvalue weighted by molar-refractivity contribution is 6.04. The first-order chi connectivity index (χ1) is 15.6. The van der Waals surface area contributed by atoms with Gasteiger partial charge in [0, 0.05) is 42.4 Å². The summed E-state index contributed by atoms with van der Waals surface area (Å²) < 4.78 is 18.8. The van der Waals surface area contributed by atoms with Crippen LogP contribution in [-0.4, -0.2) is 45.5 Å². The summed E-state index contributed by atoms with van der Waals surface area (Å²) in [6.45, 7) is 2.50. The molecule has 0 saturated carbocycles. The molecule has 0 unspecified atom stereocenters. The Labute approximate surface area is 182 Å². The number of anilines is 1. The van der Waals surface area contributed by atoms with Crippen molar-refractivity contribution in [3.8, 4) is 17.3 Å². The molecule has 2 N–H and O–H groups in total. The summed E-state index contributed by atoms with van der Waals surface area (Å²) in [5.41, 5.74) is 1.56. The third-order valence-electron chi connectivity index (χ3n) is 5.16. The Morgan fingerprint density at radius 2 is 1.84 bits per heavy atom. The van der Waals surface area contributed by atoms with Crippen molar-refractivity contribution in [2.24, 2.45) is 5.92 Å². The lowest BCUT2D eigenvalue weighted by molar-refractivity contribution is 0.102. The van der Waals surface area contributed by atoms with Gasteiger partial charge in [-0.15, -0.1) is 0 Å². The zero-order valence-corrected chi connectivity index (χ0v) is 17.0. The van der Waals surface area contributed by atoms with Crippen LogP contribution >= 0.6 is 0 Å². The van der Waals surface area contributed by atoms with E-state index >= 15 is 0 Å². The fourth-order valence-electron chi connectivity index (χ4n) is 3.25. The second kappa shape index (κ2) is 8.64. The molecule has 1 aliphatic heterocycles. The van der Waals surface area contributed by atoms with Crippen LogP contribution in [0.15, 0.2) is 61.2 Å². The molecule has 0 aliphatic carbocycles. The molecule has 1 saturated heterocycles. The molecule has 1 fully saturated rings. The van der Waals surface area contributed by atoms with E-state index in [1.807, 2.05) is 6.07 Å². The number of fused-ring (bicyclic) bond motifs is 1. The van der Waals surface area contributed by atoms with Crippen molar-refractivity contribution in [3.05, 3.63) is 72.6 Å². The molecule has 0 atom stereocenters. The number of halogens is 1. The van der Waals surface area contributed by atoms with E-state index in [9.17, 15) is 9.18 Å². The summed E-state index contributed by atoms with van der Waals surface area (Å²) in [7, 11) is 0. The molecule has 0 bridgehead atoms. The number of benzene rings is 1. The molecule has 1 amide bonds. The molecular formula is C23H19FN6O2. The largest absolute Gasteiger partial charge is 0.476 e. The van der Waals surface area contributed by atoms with E-state index in [0.717, 1.165) is 23.9 Å². The van der Waals surface area contributed by atoms with Gasteiger partial charge in [0.25, 0.3) is 5.91 Å². The summed E-state index contributed by atoms with van der Waals surface area (Å²) in [4.78, 5) is 29.9. The average Bonchev–Trinajstić information content (AvgIpc) is 2.78. The second-order valence-electron chi connectivity index (χ2n) is 7.53. The predicted molar refractivity (Wildman–Crippen MR) is 117 cm³/mol. The highest BCUT2D eigenvalue weighted by Crippen LogP contribution is 2.23. The van der Waals surface area contributed by atoms with E-state index in [4.69, 9.17) is 4.74 Å². The monoisotopic (exact) mass is 430 g/mol. The molecule has 8 nitrogen and oxygen atoms in total. The van der Waals surface area contributed by atoms with E-state index < -0.39 is 5.82 Å². The van der Waals surface area contributed by atoms with Gasteiger partial charge in [-0.1, -0.05) is 0 Å². The smallest absolute Gasteiger partial charge is 0.256 e. The van der Waals surface area contributed by atoms with Gasteiger partial charge in [-0.25, -0.2) is 14.4 Å². The minimum Gasteiger partial charge on any atom is -0.476 e. The third kappa shape index (κ3) is 4.37. The Morgan fingerprint density at radius 1 is 1.03 bits per heavy atom. The summed E-state index contributed by atoms with van der Waals surface area (Å²) in [6, 6.07) is 8.92. The van der Waals surface area contributed by atoms with Gasteiger partial charge in [0.2, 0.25) is 5.88 Å². The van der Waals surface area contributed by atoms with Crippen molar-refractivity contribution < 1.29 is 13.9 Å². The number of hydrogen-bond donors (Lipinski definition) is 2. The Kier molecular flexibility index (Phi) is 5.39. The standard InChI is InChI=1S/C23H19FN6O2/c24-18-3-1-15(2-4-18)23(31)30-21-6-16-5-19(27-9-17(16)10-28-21)20-11-26-12-22(29-20)32-13-14-7-25-8-14/h1-6,9-12,14,25H,7-8,13H2,(H,28,30,31). The zero-order chi connectivity index (χ0) is 21.9. The topological polar surface area (TPSA) is 102 Å². The number of carbonyl (C=O) groups is 1. The van der Waals surface area contributed by atoms with E-state index in [0.29, 0.717) is 41.2 Å². The Hall–Kier alpha value is -3.98. The Balaban J connectivity index is 1.36. The van der Waals surface area contributed by atoms with Crippen molar-refractivity contribution in [3.63, 3.8) is 0 Å². The Bertz CT molecular complexity index is 1280. The van der Waals surface area contributed by atoms with Gasteiger partial charge in [0.15, 0.2) is 0 Å². The van der Waals surface area contributed by atoms with E-state index in [1.54, 1.807) is 30.9 Å². The van der Waals surface area contributed by atoms with Gasteiger partial charge < -0.3 is 15.4 Å². The minimum atomic E-state index is -0.400. The fourth-order valence-corrected chi connectivity index (χ4v) is 3.25. The lowest BCUT2D eigenvalue weighted by Gasteiger charge is -2.26. The summed E-state index contributed by atoms with van der Waals surface area (Å²) >= 11 is 0. The minimum absolute atomic E-state index is 0.341. The average molecular weight is 430 g/mol. The third-order valence-corrected chi connectivity index (χ3v) is 5.16. The number of rotatable bonds is 6. The van der Waals surface area contributed by atoms with Gasteiger partial charge >= 0.3 is 0 Å². The highest BCUT2D eigenvalue weighted by atomic mass is 19.1. The molecule has 32 heavy (non-hydrogen) atoms. The Morgan fingerprint density at radius 3 is 2.62 bits per heavy atom. The molecule has 5 rings (SSSR count). The normalized spacial score (nSPS) is 13.5. The fraction of sp³-hybridized carbons (Fsp3) is 0.174. The van der Waals surface area contributed by atoms with Crippen molar-refractivity contribution in [1.82, 2.24) is 25.3 Å². The molecule has 4 aromatic rings. The van der Waals surface area contributed by atoms with Crippen LogP contribution in [0.5, 0.6) is 5.88 Å². The first-order valence-corrected chi connectivity index (χ1v) is 10.1. The van der Waals surface area contributed by atoms with Gasteiger partial charge in [0.05, 0.1) is 24.7 Å². The van der Waals surface area contributed by atoms with Crippen molar-refractivity contribution in [2.75, 3.05) is 25.0 Å². The van der Waals surface area contributed by atoms with E-state index in [2.05, 4.69) is 30.6 Å². The SMILES string of the molecule is O=C(Nc1cc2cc(-c3cncc(OCC4CNC4)n3)ncc2cn1)c1ccc(F)cc1. The van der Waals surface area contributed by atoms with Crippen molar-refractivity contribution in [1.29, 1.82) is 0 Å². The van der Waals surface area contributed by atoms with Gasteiger partial charge in [-0.2, -0.15) is 0 Å². The first-order valence-electron chi connectivity index (χ1n) is 10.1. The first kappa shape index (κ1) is 20.0. The number of amides is 1. The van der Waals surface area contributed by atoms with Crippen LogP contribution in [0.25, 0.3) is 22.2 Å². The molecule has 0 spiro atoms. The molecule has 0 radical (unpaired) electrons. The maximum atomic E-state index is 13.1. The van der Waals surface area contributed by atoms with E-state index in [-0.39, 0.29) is 5.91 Å². The maximum absolute atomic E-state index is 13.1. The number of carbonyl (C=O) groups excluding carboxylic acids is 1. The van der Waals surface area contributed by atoms with Gasteiger partial charge in [-0.3, -0.25) is 14.8 Å². The lowest BCUT2D eigenvalue weighted by atomic mass is 10.1. The van der Waals surface area contributed by atoms with Crippen molar-refractivity contribution >= 4 is 22.5 Å². The summed E-state index contributed by atoms with van der Waals surface area (Å²) in [6.07, 6.45) is 6.54. The number of ether oxygens (including phenoxy) is 1. The van der Waals surface area contributed by atoms with Crippen LogP contribution in [0.3, 0.4) is 0 Å². The van der Waals surface area contributed by atoms with Crippen LogP contribution in [0.4, 0.5) is 10.2 Å². The van der Waals surface area contributed by atoms with Gasteiger partial charge in [-0.05, 0) is 41.8 Å². The molecular weight excluding hydrogens is 411 g/mol. The van der Waals surface area contributed by atoms with Crippen LogP contribution in [-0.2, 0) is 0 Å². The van der Waals surface area contributed by atoms with Crippen LogP contribution in [0.2, 0.25) is 0 Å². The van der Waals surface area contributed by atoms with Crippen molar-refractivity contribution in [2.45, 2.75) is 0 Å². The van der Waals surface area contributed by atoms with Gasteiger partial charge in [0.1, 0.15) is 17.3 Å². The van der Waals surface area contributed by atoms with E-state index in [1.165, 1.54) is 24.3 Å². The molecule has 1 aromatic carbocycles. The second-order valence-corrected chi connectivity index (χ2v) is 7.53. The predicted octanol–water partition coefficient (Wildman–Crippen LogP) is 3.08. The summed E-state index contributed by atoms with van der Waals surface area (Å²) in [5, 5.41) is 7.58. The summed E-state index contributed by atoms with van der Waals surface area (Å²) in [5.74, 6) is 0.557. The number of nitrogens with zero attached hydrogens (tertiary/aromatic N) is 4. The zero-order valence-electron chi connectivity index (χ0n) is 17.0. The molecule has 160 valence electrons. The van der Waals surface area contributed by atoms with Crippen LogP contribution in [0.1, 0.15) is 10.4 Å². The maximum Gasteiger partial charge on any atom is 0.256 e. The molecule has 3 aromatic heterocycles. The molecule has 1 aliphatic rings. The quantitative estimate of drug-likeness (QED) is 0.485. The lowest BCUT2D eigenvalue weighted by Crippen LogP contribution is -2.45. The number of pyridine rings is 2. The number of nitrogens with one attached hydrogen (secondary N) is 2. The number of aromatic nitrogens is 4. The molecule has 9 heteroatoms. The van der Waals surface area contributed by atoms with Crippen LogP contribution in [0, 0.1) is 11.7 Å². The number of hydrogen-bond acceptors (Lipinski definition) is 7. The van der Waals surface area contributed by atoms with Crippen LogP contribution < -0.4 is 15.4 Å².